The molecule has 0 bridgehead atoms. The molecule has 1 saturated heterocycles. The highest BCUT2D eigenvalue weighted by Crippen LogP contribution is 2.43. The average molecular weight is 587 g/mol. The number of rotatable bonds is 5. The molecule has 1 fully saturated rings. The lowest BCUT2D eigenvalue weighted by Gasteiger charge is -2.40. The van der Waals surface area contributed by atoms with Gasteiger partial charge in [0.1, 0.15) is 0 Å². The van der Waals surface area contributed by atoms with Gasteiger partial charge in [-0.05, 0) is 53.5 Å². The van der Waals surface area contributed by atoms with E-state index in [2.05, 4.69) is 62.6 Å². The van der Waals surface area contributed by atoms with E-state index in [1.54, 1.807) is 36.8 Å². The van der Waals surface area contributed by atoms with Crippen LogP contribution in [0.1, 0.15) is 52.6 Å². The van der Waals surface area contributed by atoms with E-state index in [-0.39, 0.29) is 18.0 Å². The van der Waals surface area contributed by atoms with Crippen LogP contribution in [0.4, 0.5) is 16.2 Å². The smallest absolute Gasteiger partial charge is 0.321 e. The topological polar surface area (TPSA) is 99.8 Å². The molecule has 44 heavy (non-hydrogen) atoms. The number of fused-ring (bicyclic) bond motifs is 2. The van der Waals surface area contributed by atoms with Crippen molar-refractivity contribution in [2.45, 2.75) is 25.9 Å². The Morgan fingerprint density at radius 2 is 1.84 bits per heavy atom. The molecule has 1 unspecified atom stereocenters. The third-order valence-corrected chi connectivity index (χ3v) is 8.28. The number of urea groups is 1. The molecule has 10 nitrogen and oxygen atoms in total. The number of hydrogen-bond donors (Lipinski definition) is 2. The Morgan fingerprint density at radius 1 is 1.07 bits per heavy atom. The van der Waals surface area contributed by atoms with Gasteiger partial charge in [0.25, 0.3) is 0 Å². The fourth-order valence-corrected chi connectivity index (χ4v) is 6.11. The molecule has 222 valence electrons. The Kier molecular flexibility index (Phi) is 7.96. The van der Waals surface area contributed by atoms with Crippen LogP contribution in [-0.4, -0.2) is 62.5 Å². The van der Waals surface area contributed by atoms with Crippen molar-refractivity contribution in [1.29, 1.82) is 0 Å². The number of anilines is 1. The van der Waals surface area contributed by atoms with Crippen molar-refractivity contribution >= 4 is 35.0 Å². The summed E-state index contributed by atoms with van der Waals surface area (Å²) in [5.74, 6) is -0.129. The van der Waals surface area contributed by atoms with Gasteiger partial charge in [-0.25, -0.2) is 14.6 Å². The maximum atomic E-state index is 13.1. The number of nitrogens with one attached hydrogen (secondary N) is 2. The van der Waals surface area contributed by atoms with Crippen molar-refractivity contribution < 1.29 is 9.59 Å². The van der Waals surface area contributed by atoms with Crippen LogP contribution >= 0.6 is 0 Å². The zero-order valence-electron chi connectivity index (χ0n) is 25.0. The summed E-state index contributed by atoms with van der Waals surface area (Å²) in [6.07, 6.45) is 7.52. The van der Waals surface area contributed by atoms with Gasteiger partial charge in [-0.15, -0.1) is 0 Å². The molecule has 3 amide bonds. The standard InChI is InChI=1S/C34H34N8O2/c1-22-7-12-27-28(18-22)29(32(38-23(2)43)30-20-36-21-40(30)4)19-24-6-5-13-37-31(24)33(27)41-14-16-42(17-15-41)34(44)39-26-10-8-25(35-3)9-11-26/h5-13,18-21,32-33H,14-17H2,1-2,4H3,(H,38,43)(H,39,44)/t32?,33-/m0/s1. The molecule has 0 radical (unpaired) electrons. The number of amides is 3. The molecular formula is C34H34N8O2. The lowest BCUT2D eigenvalue weighted by Crippen LogP contribution is -2.51. The van der Waals surface area contributed by atoms with E-state index >= 15 is 0 Å². The summed E-state index contributed by atoms with van der Waals surface area (Å²) < 4.78 is 1.94. The highest BCUT2D eigenvalue weighted by molar-refractivity contribution is 5.91. The Morgan fingerprint density at radius 3 is 2.52 bits per heavy atom. The molecule has 2 aromatic heterocycles. The second-order valence-corrected chi connectivity index (χ2v) is 11.2. The van der Waals surface area contributed by atoms with Crippen LogP contribution in [0.15, 0.2) is 73.3 Å². The number of pyridine rings is 1. The number of hydrogen-bond acceptors (Lipinski definition) is 5. The summed E-state index contributed by atoms with van der Waals surface area (Å²) in [5, 5.41) is 6.14. The molecular weight excluding hydrogens is 552 g/mol. The summed E-state index contributed by atoms with van der Waals surface area (Å²) in [7, 11) is 1.93. The second kappa shape index (κ2) is 12.1. The molecule has 0 saturated carbocycles. The normalized spacial score (nSPS) is 16.9. The van der Waals surface area contributed by atoms with Crippen LogP contribution in [-0.2, 0) is 11.8 Å². The maximum absolute atomic E-state index is 13.1. The molecule has 10 heteroatoms. The first-order valence-corrected chi connectivity index (χ1v) is 14.6. The highest BCUT2D eigenvalue weighted by Gasteiger charge is 2.35. The van der Waals surface area contributed by atoms with Gasteiger partial charge in [0.15, 0.2) is 5.69 Å². The fraction of sp³-hybridized carbons (Fsp3) is 0.265. The Balaban J connectivity index is 1.33. The molecule has 1 aliphatic carbocycles. The molecule has 2 atom stereocenters. The van der Waals surface area contributed by atoms with Gasteiger partial charge in [-0.1, -0.05) is 42.0 Å². The van der Waals surface area contributed by atoms with E-state index in [9.17, 15) is 9.59 Å². The molecule has 0 spiro atoms. The number of piperazine rings is 1. The molecule has 2 aromatic carbocycles. The van der Waals surface area contributed by atoms with Crippen LogP contribution in [0.25, 0.3) is 16.5 Å². The van der Waals surface area contributed by atoms with Gasteiger partial charge in [-0.3, -0.25) is 14.7 Å². The molecule has 3 heterocycles. The minimum atomic E-state index is -0.420. The van der Waals surface area contributed by atoms with Crippen molar-refractivity contribution in [3.63, 3.8) is 0 Å². The van der Waals surface area contributed by atoms with Crippen molar-refractivity contribution in [3.05, 3.63) is 118 Å². The van der Waals surface area contributed by atoms with Crippen LogP contribution in [0, 0.1) is 13.5 Å². The minimum Gasteiger partial charge on any atom is -0.344 e. The van der Waals surface area contributed by atoms with Crippen molar-refractivity contribution in [2.24, 2.45) is 7.05 Å². The predicted molar refractivity (Wildman–Crippen MR) is 170 cm³/mol. The van der Waals surface area contributed by atoms with Crippen LogP contribution < -0.4 is 10.6 Å². The number of imidazole rings is 1. The third kappa shape index (κ3) is 5.70. The largest absolute Gasteiger partial charge is 0.344 e. The Labute approximate surface area is 256 Å². The van der Waals surface area contributed by atoms with Crippen LogP contribution in [0.3, 0.4) is 0 Å². The van der Waals surface area contributed by atoms with E-state index < -0.39 is 6.04 Å². The van der Waals surface area contributed by atoms with Crippen molar-refractivity contribution in [1.82, 2.24) is 29.7 Å². The second-order valence-electron chi connectivity index (χ2n) is 11.2. The highest BCUT2D eigenvalue weighted by atomic mass is 16.2. The van der Waals surface area contributed by atoms with Crippen LogP contribution in [0.2, 0.25) is 0 Å². The van der Waals surface area contributed by atoms with E-state index in [0.29, 0.717) is 37.6 Å². The van der Waals surface area contributed by atoms with E-state index in [1.807, 2.05) is 28.8 Å². The van der Waals surface area contributed by atoms with Gasteiger partial charge in [-0.2, -0.15) is 0 Å². The fourth-order valence-electron chi connectivity index (χ4n) is 6.11. The average Bonchev–Trinajstić information content (AvgIpc) is 3.40. The van der Waals surface area contributed by atoms with Gasteiger partial charge < -0.3 is 20.1 Å². The quantitative estimate of drug-likeness (QED) is 0.308. The molecule has 4 aromatic rings. The summed E-state index contributed by atoms with van der Waals surface area (Å²) >= 11 is 0. The molecule has 1 aliphatic heterocycles. The van der Waals surface area contributed by atoms with Gasteiger partial charge in [0.05, 0.1) is 42.6 Å². The zero-order chi connectivity index (χ0) is 30.8. The van der Waals surface area contributed by atoms with E-state index in [4.69, 9.17) is 11.6 Å². The van der Waals surface area contributed by atoms with Gasteiger partial charge in [0, 0.05) is 52.0 Å². The number of nitrogens with zero attached hydrogens (tertiary/aromatic N) is 6. The number of benzene rings is 2. The third-order valence-electron chi connectivity index (χ3n) is 8.28. The van der Waals surface area contributed by atoms with Gasteiger partial charge >= 0.3 is 6.03 Å². The van der Waals surface area contributed by atoms with Crippen LogP contribution in [0.5, 0.6) is 0 Å². The number of carbonyl (C=O) groups excluding carboxylic acids is 2. The van der Waals surface area contributed by atoms with Crippen molar-refractivity contribution in [2.75, 3.05) is 31.5 Å². The minimum absolute atomic E-state index is 0.129. The first kappa shape index (κ1) is 28.8. The maximum Gasteiger partial charge on any atom is 0.321 e. The van der Waals surface area contributed by atoms with Crippen molar-refractivity contribution in [3.8, 4) is 0 Å². The molecule has 2 N–H and O–H groups in total. The van der Waals surface area contributed by atoms with E-state index in [0.717, 1.165) is 39.2 Å². The molecule has 6 rings (SSSR count). The lowest BCUT2D eigenvalue weighted by molar-refractivity contribution is -0.119. The molecule has 2 aliphatic rings. The first-order chi connectivity index (χ1) is 21.3. The zero-order valence-corrected chi connectivity index (χ0v) is 25.0. The monoisotopic (exact) mass is 586 g/mol. The summed E-state index contributed by atoms with van der Waals surface area (Å²) in [4.78, 5) is 42.5. The number of aryl methyl sites for hydroxylation is 2. The van der Waals surface area contributed by atoms with E-state index in [1.165, 1.54) is 6.92 Å². The number of carbonyl (C=O) groups is 2. The lowest BCUT2D eigenvalue weighted by atomic mass is 9.88. The summed E-state index contributed by atoms with van der Waals surface area (Å²) in [5.41, 5.74) is 8.25. The first-order valence-electron chi connectivity index (χ1n) is 14.6. The van der Waals surface area contributed by atoms with Gasteiger partial charge in [0.2, 0.25) is 5.91 Å². The SMILES string of the molecule is [C-]#[N+]c1ccc(NC(=O)N2CCN([C@H]3c4ccc(C)cc4C(C(NC(C)=O)c4cncn4C)=Cc4cccnc43)CC2)cc1. The Hall–Kier alpha value is -5.27. The Bertz CT molecular complexity index is 1780. The summed E-state index contributed by atoms with van der Waals surface area (Å²) in [6.45, 7) is 13.2. The predicted octanol–water partition coefficient (Wildman–Crippen LogP) is 5.34. The summed E-state index contributed by atoms with van der Waals surface area (Å²) in [6, 6.07) is 16.7. The number of aromatic nitrogens is 3.